The molecule has 0 fully saturated rings. The van der Waals surface area contributed by atoms with E-state index in [1.54, 1.807) is 6.92 Å². The Kier molecular flexibility index (Phi) is 3.65. The monoisotopic (exact) mass is 194 g/mol. The van der Waals surface area contributed by atoms with Crippen LogP contribution in [0.15, 0.2) is 18.2 Å². The highest BCUT2D eigenvalue weighted by Crippen LogP contribution is 2.19. The molecule has 76 valence electrons. The molecule has 0 amide bonds. The minimum absolute atomic E-state index is 0.249. The molecule has 0 aliphatic rings. The van der Waals surface area contributed by atoms with Gasteiger partial charge in [0.25, 0.3) is 0 Å². The van der Waals surface area contributed by atoms with Crippen molar-refractivity contribution in [2.75, 3.05) is 19.3 Å². The molecule has 1 aromatic carbocycles. The lowest BCUT2D eigenvalue weighted by Gasteiger charge is -2.04. The summed E-state index contributed by atoms with van der Waals surface area (Å²) in [5.74, 6) is -0.249. The van der Waals surface area contributed by atoms with Gasteiger partial charge >= 0.3 is 0 Å². The van der Waals surface area contributed by atoms with Crippen LogP contribution in [0.4, 0.5) is 10.1 Å². The zero-order chi connectivity index (χ0) is 10.6. The van der Waals surface area contributed by atoms with Crippen LogP contribution >= 0.6 is 0 Å². The standard InChI is InChI=1S/C11H15FN2/c1-8-6-10(12)7-9(11(8)13)4-3-5-14-2/h3-4,6-7,14H,5,13H2,1-2H3. The van der Waals surface area contributed by atoms with E-state index in [4.69, 9.17) is 5.73 Å². The van der Waals surface area contributed by atoms with Gasteiger partial charge in [0.15, 0.2) is 0 Å². The normalized spacial score (nSPS) is 11.1. The Morgan fingerprint density at radius 3 is 2.86 bits per heavy atom. The Morgan fingerprint density at radius 2 is 2.21 bits per heavy atom. The lowest BCUT2D eigenvalue weighted by molar-refractivity contribution is 0.626. The molecule has 1 rings (SSSR count). The lowest BCUT2D eigenvalue weighted by atomic mass is 10.1. The van der Waals surface area contributed by atoms with Crippen molar-refractivity contribution in [3.8, 4) is 0 Å². The summed E-state index contributed by atoms with van der Waals surface area (Å²) >= 11 is 0. The summed E-state index contributed by atoms with van der Waals surface area (Å²) in [5.41, 5.74) is 7.94. The van der Waals surface area contributed by atoms with Gasteiger partial charge in [0.05, 0.1) is 0 Å². The van der Waals surface area contributed by atoms with Crippen LogP contribution < -0.4 is 11.1 Å². The molecule has 0 saturated carbocycles. The molecule has 3 heteroatoms. The van der Waals surface area contributed by atoms with Crippen LogP contribution in [0.5, 0.6) is 0 Å². The topological polar surface area (TPSA) is 38.0 Å². The maximum absolute atomic E-state index is 13.0. The zero-order valence-corrected chi connectivity index (χ0v) is 8.47. The molecular formula is C11H15FN2. The summed E-state index contributed by atoms with van der Waals surface area (Å²) in [7, 11) is 1.85. The van der Waals surface area contributed by atoms with Gasteiger partial charge in [-0.25, -0.2) is 4.39 Å². The quantitative estimate of drug-likeness (QED) is 0.722. The number of halogens is 1. The van der Waals surface area contributed by atoms with Crippen molar-refractivity contribution in [2.24, 2.45) is 0 Å². The molecule has 0 spiro atoms. The molecular weight excluding hydrogens is 179 g/mol. The van der Waals surface area contributed by atoms with Crippen LogP contribution in [0.2, 0.25) is 0 Å². The van der Waals surface area contributed by atoms with Crippen LogP contribution in [0.1, 0.15) is 11.1 Å². The Bertz CT molecular complexity index is 345. The summed E-state index contributed by atoms with van der Waals surface area (Å²) in [6.07, 6.45) is 3.73. The fraction of sp³-hybridized carbons (Fsp3) is 0.273. The first-order valence-electron chi connectivity index (χ1n) is 4.52. The lowest BCUT2D eigenvalue weighted by Crippen LogP contribution is -2.04. The van der Waals surface area contributed by atoms with E-state index >= 15 is 0 Å². The van der Waals surface area contributed by atoms with Crippen molar-refractivity contribution < 1.29 is 4.39 Å². The second-order valence-corrected chi connectivity index (χ2v) is 3.19. The van der Waals surface area contributed by atoms with E-state index in [0.717, 1.165) is 17.7 Å². The largest absolute Gasteiger partial charge is 0.398 e. The summed E-state index contributed by atoms with van der Waals surface area (Å²) < 4.78 is 13.0. The van der Waals surface area contributed by atoms with E-state index in [1.807, 2.05) is 19.2 Å². The van der Waals surface area contributed by atoms with Crippen molar-refractivity contribution in [3.05, 3.63) is 35.2 Å². The highest BCUT2D eigenvalue weighted by Gasteiger charge is 2.01. The molecule has 0 aliphatic heterocycles. The van der Waals surface area contributed by atoms with Crippen molar-refractivity contribution in [2.45, 2.75) is 6.92 Å². The molecule has 3 N–H and O–H groups in total. The summed E-state index contributed by atoms with van der Waals surface area (Å²) in [5, 5.41) is 2.97. The van der Waals surface area contributed by atoms with Gasteiger partial charge < -0.3 is 11.1 Å². The van der Waals surface area contributed by atoms with E-state index < -0.39 is 0 Å². The molecule has 0 bridgehead atoms. The van der Waals surface area contributed by atoms with Crippen molar-refractivity contribution in [1.82, 2.24) is 5.32 Å². The van der Waals surface area contributed by atoms with Crippen LogP contribution in [-0.2, 0) is 0 Å². The average Bonchev–Trinajstić information content (AvgIpc) is 2.13. The van der Waals surface area contributed by atoms with Crippen molar-refractivity contribution >= 4 is 11.8 Å². The Morgan fingerprint density at radius 1 is 1.50 bits per heavy atom. The molecule has 14 heavy (non-hydrogen) atoms. The predicted molar refractivity (Wildman–Crippen MR) is 58.5 cm³/mol. The average molecular weight is 194 g/mol. The number of hydrogen-bond donors (Lipinski definition) is 2. The third-order valence-electron chi connectivity index (χ3n) is 2.00. The molecule has 1 aromatic rings. The van der Waals surface area contributed by atoms with Gasteiger partial charge in [-0.2, -0.15) is 0 Å². The van der Waals surface area contributed by atoms with Crippen LogP contribution in [0, 0.1) is 12.7 Å². The molecule has 0 radical (unpaired) electrons. The third kappa shape index (κ3) is 2.57. The number of rotatable bonds is 3. The minimum Gasteiger partial charge on any atom is -0.398 e. The highest BCUT2D eigenvalue weighted by atomic mass is 19.1. The van der Waals surface area contributed by atoms with Gasteiger partial charge in [0.1, 0.15) is 5.82 Å². The zero-order valence-electron chi connectivity index (χ0n) is 8.47. The van der Waals surface area contributed by atoms with E-state index in [0.29, 0.717) is 5.69 Å². The van der Waals surface area contributed by atoms with Gasteiger partial charge in [-0.1, -0.05) is 12.2 Å². The Balaban J connectivity index is 2.96. The molecule has 0 heterocycles. The molecule has 0 saturated heterocycles. The first-order valence-corrected chi connectivity index (χ1v) is 4.52. The number of nitrogens with two attached hydrogens (primary N) is 1. The number of aryl methyl sites for hydroxylation is 1. The highest BCUT2D eigenvalue weighted by molar-refractivity contribution is 5.67. The van der Waals surface area contributed by atoms with Gasteiger partial charge in [-0.15, -0.1) is 0 Å². The van der Waals surface area contributed by atoms with Crippen LogP contribution in [0.25, 0.3) is 6.08 Å². The van der Waals surface area contributed by atoms with E-state index in [1.165, 1.54) is 12.1 Å². The number of benzene rings is 1. The summed E-state index contributed by atoms with van der Waals surface area (Å²) in [6.45, 7) is 2.54. The second kappa shape index (κ2) is 4.77. The SMILES string of the molecule is CNCC=Cc1cc(F)cc(C)c1N. The van der Waals surface area contributed by atoms with Gasteiger partial charge in [-0.3, -0.25) is 0 Å². The first kappa shape index (κ1) is 10.7. The summed E-state index contributed by atoms with van der Waals surface area (Å²) in [4.78, 5) is 0. The van der Waals surface area contributed by atoms with Gasteiger partial charge in [0.2, 0.25) is 0 Å². The van der Waals surface area contributed by atoms with E-state index in [2.05, 4.69) is 5.32 Å². The third-order valence-corrected chi connectivity index (χ3v) is 2.00. The summed E-state index contributed by atoms with van der Waals surface area (Å²) in [6, 6.07) is 2.87. The molecule has 0 aliphatic carbocycles. The fourth-order valence-corrected chi connectivity index (χ4v) is 1.22. The Labute approximate surface area is 83.6 Å². The number of hydrogen-bond acceptors (Lipinski definition) is 2. The maximum Gasteiger partial charge on any atom is 0.124 e. The van der Waals surface area contributed by atoms with Crippen molar-refractivity contribution in [3.63, 3.8) is 0 Å². The van der Waals surface area contributed by atoms with E-state index in [9.17, 15) is 4.39 Å². The molecule has 2 nitrogen and oxygen atoms in total. The molecule has 0 unspecified atom stereocenters. The second-order valence-electron chi connectivity index (χ2n) is 3.19. The molecule has 0 aromatic heterocycles. The minimum atomic E-state index is -0.249. The fourth-order valence-electron chi connectivity index (χ4n) is 1.22. The van der Waals surface area contributed by atoms with Crippen LogP contribution in [0.3, 0.4) is 0 Å². The number of nitrogen functional groups attached to an aromatic ring is 1. The number of likely N-dealkylation sites (N-methyl/N-ethyl adjacent to an activating group) is 1. The van der Waals surface area contributed by atoms with Gasteiger partial charge in [0, 0.05) is 17.8 Å². The van der Waals surface area contributed by atoms with E-state index in [-0.39, 0.29) is 5.82 Å². The number of nitrogens with one attached hydrogen (secondary N) is 1. The first-order chi connectivity index (χ1) is 6.65. The number of anilines is 1. The van der Waals surface area contributed by atoms with Crippen molar-refractivity contribution in [1.29, 1.82) is 0 Å². The predicted octanol–water partition coefficient (Wildman–Crippen LogP) is 1.95. The maximum atomic E-state index is 13.0. The molecule has 0 atom stereocenters. The van der Waals surface area contributed by atoms with Gasteiger partial charge in [-0.05, 0) is 31.7 Å². The van der Waals surface area contributed by atoms with Crippen LogP contribution in [-0.4, -0.2) is 13.6 Å². The smallest absolute Gasteiger partial charge is 0.124 e. The Hall–Kier alpha value is -1.35.